The molecule has 308 valence electrons. The summed E-state index contributed by atoms with van der Waals surface area (Å²) in [4.78, 5) is 4.75. The Morgan fingerprint density at radius 1 is 0.726 bits per heavy atom. The van der Waals surface area contributed by atoms with Crippen molar-refractivity contribution in [1.29, 1.82) is 0 Å². The SMILES string of the molecule is [2H]c1c([2H])c([2H])c(-c2cccc(-c3c([2H])c([2H])c([2H])c([2H])c3[2H])c2-[n+]2[c-]n(-c3[c-]c(Oc4[c-]c5c(cc4)c4cc(C(C)(C)C)ccc4n5-c4cc(C([2H])([2H])C(C)C)ccn4)ccc3)c3ccccc32)c([2H])c1[2H].[Pt]. The average molecular weight is 998 g/mol. The van der Waals surface area contributed by atoms with Crippen LogP contribution in [0.15, 0.2) is 170 Å². The van der Waals surface area contributed by atoms with Crippen LogP contribution in [0.4, 0.5) is 0 Å². The van der Waals surface area contributed by atoms with Gasteiger partial charge in [-0.15, -0.1) is 29.7 Å². The second kappa shape index (κ2) is 16.7. The van der Waals surface area contributed by atoms with Crippen LogP contribution in [-0.4, -0.2) is 14.1 Å². The predicted molar refractivity (Wildman–Crippen MR) is 248 cm³/mol. The molecule has 0 aliphatic carbocycles. The van der Waals surface area contributed by atoms with E-state index in [0.29, 0.717) is 45.1 Å². The van der Waals surface area contributed by atoms with Gasteiger partial charge in [-0.2, -0.15) is 18.2 Å². The zero-order chi connectivity index (χ0) is 52.2. The predicted octanol–water partition coefficient (Wildman–Crippen LogP) is 13.4. The van der Waals surface area contributed by atoms with Crippen LogP contribution in [0.3, 0.4) is 0 Å². The van der Waals surface area contributed by atoms with Crippen LogP contribution >= 0.6 is 0 Å². The van der Waals surface area contributed by atoms with Gasteiger partial charge in [-0.1, -0.05) is 155 Å². The van der Waals surface area contributed by atoms with Crippen molar-refractivity contribution in [2.75, 3.05) is 0 Å². The smallest absolute Gasteiger partial charge is 0.268 e. The Morgan fingerprint density at radius 2 is 1.42 bits per heavy atom. The molecule has 0 N–H and O–H groups in total. The van der Waals surface area contributed by atoms with Gasteiger partial charge < -0.3 is 13.9 Å². The average Bonchev–Trinajstić information content (AvgIpc) is 3.92. The normalized spacial score (nSPS) is 14.7. The van der Waals surface area contributed by atoms with Crippen molar-refractivity contribution in [3.63, 3.8) is 0 Å². The maximum atomic E-state index is 9.01. The fraction of sp³-hybridized carbons (Fsp3) is 0.143. The molecule has 5 nitrogen and oxygen atoms in total. The Labute approximate surface area is 395 Å². The monoisotopic (exact) mass is 997 g/mol. The van der Waals surface area contributed by atoms with E-state index in [9.17, 15) is 0 Å². The second-order valence-corrected chi connectivity index (χ2v) is 16.1. The van der Waals surface area contributed by atoms with Gasteiger partial charge in [-0.25, -0.2) is 4.98 Å². The number of imidazole rings is 1. The Hall–Kier alpha value is -6.55. The van der Waals surface area contributed by atoms with Crippen molar-refractivity contribution >= 4 is 32.8 Å². The number of nitrogens with zero attached hydrogens (tertiary/aromatic N) is 4. The van der Waals surface area contributed by atoms with E-state index >= 15 is 0 Å². The van der Waals surface area contributed by atoms with E-state index in [4.69, 9.17) is 26.2 Å². The van der Waals surface area contributed by atoms with Gasteiger partial charge in [-0.3, -0.25) is 4.57 Å². The third-order valence-corrected chi connectivity index (χ3v) is 10.5. The molecule has 3 heterocycles. The fourth-order valence-corrected chi connectivity index (χ4v) is 7.76. The number of para-hydroxylation sites is 3. The number of fused-ring (bicyclic) bond motifs is 4. The van der Waals surface area contributed by atoms with Crippen molar-refractivity contribution in [3.8, 4) is 50.9 Å². The van der Waals surface area contributed by atoms with Crippen molar-refractivity contribution in [1.82, 2.24) is 14.1 Å². The molecule has 0 saturated heterocycles. The largest absolute Gasteiger partial charge is 0.510 e. The quantitative estimate of drug-likeness (QED) is 0.107. The summed E-state index contributed by atoms with van der Waals surface area (Å²) in [5.74, 6) is 0.913. The molecule has 0 spiro atoms. The van der Waals surface area contributed by atoms with Gasteiger partial charge in [0.2, 0.25) is 0 Å². The minimum atomic E-state index is -1.61. The summed E-state index contributed by atoms with van der Waals surface area (Å²) in [6.45, 7) is 10.2. The summed E-state index contributed by atoms with van der Waals surface area (Å²) < 4.78 is 117. The molecule has 0 atom stereocenters. The first-order chi connectivity index (χ1) is 34.6. The number of rotatable bonds is 9. The van der Waals surface area contributed by atoms with Crippen LogP contribution in [-0.2, 0) is 32.9 Å². The van der Waals surface area contributed by atoms with Crippen LogP contribution in [0.25, 0.3) is 72.3 Å². The Bertz CT molecular complexity index is 3770. The van der Waals surface area contributed by atoms with Gasteiger partial charge in [0.15, 0.2) is 0 Å². The Kier molecular flexibility index (Phi) is 7.79. The van der Waals surface area contributed by atoms with E-state index in [-0.39, 0.29) is 60.3 Å². The summed E-state index contributed by atoms with van der Waals surface area (Å²) >= 11 is 0. The number of pyridine rings is 1. The molecule has 0 aliphatic rings. The summed E-state index contributed by atoms with van der Waals surface area (Å²) in [6.07, 6.45) is 3.40. The number of ether oxygens (including phenoxy) is 1. The first-order valence-corrected chi connectivity index (χ1v) is 20.0. The number of benzene rings is 7. The summed E-state index contributed by atoms with van der Waals surface area (Å²) in [6, 6.07) is 32.4. The molecule has 3 aromatic heterocycles. The molecule has 10 rings (SSSR count). The van der Waals surface area contributed by atoms with Gasteiger partial charge >= 0.3 is 0 Å². The first kappa shape index (κ1) is 28.9. The van der Waals surface area contributed by atoms with Gasteiger partial charge in [0, 0.05) is 47.0 Å². The maximum absolute atomic E-state index is 9.01. The van der Waals surface area contributed by atoms with Crippen LogP contribution in [0, 0.1) is 24.4 Å². The molecule has 0 unspecified atom stereocenters. The van der Waals surface area contributed by atoms with E-state index in [1.54, 1.807) is 76.0 Å². The van der Waals surface area contributed by atoms with Crippen LogP contribution < -0.4 is 9.30 Å². The molecule has 6 heteroatoms. The van der Waals surface area contributed by atoms with Gasteiger partial charge in [0.25, 0.3) is 6.33 Å². The number of hydrogen-bond acceptors (Lipinski definition) is 2. The Balaban J connectivity index is 0.00000672. The molecular formula is C56H46N4OPt-2. The second-order valence-electron chi connectivity index (χ2n) is 16.1. The molecule has 0 amide bonds. The minimum absolute atomic E-state index is 0. The zero-order valence-electron chi connectivity index (χ0n) is 46.5. The van der Waals surface area contributed by atoms with Crippen molar-refractivity contribution in [2.45, 2.75) is 46.4 Å². The Morgan fingerprint density at radius 3 is 2.13 bits per heavy atom. The minimum Gasteiger partial charge on any atom is -0.510 e. The molecule has 62 heavy (non-hydrogen) atoms. The molecule has 7 aromatic carbocycles. The van der Waals surface area contributed by atoms with Crippen molar-refractivity contribution in [3.05, 3.63) is 199 Å². The van der Waals surface area contributed by atoms with Gasteiger partial charge in [0.1, 0.15) is 5.82 Å². The van der Waals surface area contributed by atoms with Crippen molar-refractivity contribution in [2.24, 2.45) is 5.92 Å². The molecule has 0 aliphatic heterocycles. The van der Waals surface area contributed by atoms with Crippen molar-refractivity contribution < 1.29 is 46.8 Å². The van der Waals surface area contributed by atoms with E-state index in [2.05, 4.69) is 57.4 Å². The fourth-order valence-electron chi connectivity index (χ4n) is 7.76. The summed E-state index contributed by atoms with van der Waals surface area (Å²) in [7, 11) is 0. The molecule has 0 saturated carbocycles. The topological polar surface area (TPSA) is 35.9 Å². The first-order valence-electron chi connectivity index (χ1n) is 26.0. The number of aromatic nitrogens is 4. The standard InChI is InChI=1S/C56H46N4O.Pt/c1-38(2)32-39-30-31-57-54(33-39)60-50-29-26-42(56(3,4)5)34-49(50)48-28-27-45(36-53(48)60)61-44-21-14-20-43(35-44)58-37-59(52-25-13-12-24-51(52)58)55-46(40-16-8-6-9-17-40)22-15-23-47(55)41-18-10-7-11-19-41;/h6-31,33-34,38H,32H2,1-5H3;/q-2;/i6D,7D,8D,9D,10D,11D,16D,17D,18D,19D,32D2;. The molecule has 0 bridgehead atoms. The number of hydrogen-bond donors (Lipinski definition) is 0. The molecule has 0 radical (unpaired) electrons. The maximum Gasteiger partial charge on any atom is 0.268 e. The molecular weight excluding hydrogens is 940 g/mol. The molecule has 10 aromatic rings. The van der Waals surface area contributed by atoms with Gasteiger partial charge in [-0.05, 0) is 80.4 Å². The van der Waals surface area contributed by atoms with Gasteiger partial charge in [0.05, 0.1) is 30.4 Å². The third-order valence-electron chi connectivity index (χ3n) is 10.5. The van der Waals surface area contributed by atoms with Crippen LogP contribution in [0.1, 0.15) is 62.2 Å². The van der Waals surface area contributed by atoms with E-state index < -0.39 is 66.8 Å². The van der Waals surface area contributed by atoms with Crippen LogP contribution in [0.5, 0.6) is 11.5 Å². The summed E-state index contributed by atoms with van der Waals surface area (Å²) in [5.41, 5.74) is 4.70. The summed E-state index contributed by atoms with van der Waals surface area (Å²) in [5, 5.41) is 1.87. The zero-order valence-corrected chi connectivity index (χ0v) is 36.8. The van der Waals surface area contributed by atoms with E-state index in [1.807, 2.05) is 42.7 Å². The van der Waals surface area contributed by atoms with Crippen LogP contribution in [0.2, 0.25) is 0 Å². The van der Waals surface area contributed by atoms with E-state index in [1.165, 1.54) is 0 Å². The van der Waals surface area contributed by atoms with E-state index in [0.717, 1.165) is 21.9 Å². The molecule has 0 fully saturated rings. The third kappa shape index (κ3) is 7.67.